The average Bonchev–Trinajstić information content (AvgIpc) is 2.34. The molecular formula is C16H25NO3. The summed E-state index contributed by atoms with van der Waals surface area (Å²) in [5.41, 5.74) is 0.767. The maximum absolute atomic E-state index is 11.6. The van der Waals surface area contributed by atoms with Gasteiger partial charge in [-0.3, -0.25) is 0 Å². The molecule has 0 aliphatic carbocycles. The van der Waals surface area contributed by atoms with E-state index >= 15 is 0 Å². The predicted octanol–water partition coefficient (Wildman–Crippen LogP) is 3.54. The lowest BCUT2D eigenvalue weighted by Crippen LogP contribution is -2.37. The van der Waals surface area contributed by atoms with Crippen LogP contribution in [0.15, 0.2) is 24.3 Å². The smallest absolute Gasteiger partial charge is 0.407 e. The molecule has 20 heavy (non-hydrogen) atoms. The van der Waals surface area contributed by atoms with Crippen molar-refractivity contribution in [3.8, 4) is 5.75 Å². The molecule has 1 aromatic rings. The zero-order chi connectivity index (χ0) is 15.2. The maximum Gasteiger partial charge on any atom is 0.407 e. The first-order valence-electron chi connectivity index (χ1n) is 6.92. The quantitative estimate of drug-likeness (QED) is 0.896. The van der Waals surface area contributed by atoms with Gasteiger partial charge in [0.05, 0.1) is 7.11 Å². The van der Waals surface area contributed by atoms with Gasteiger partial charge in [-0.15, -0.1) is 0 Å². The van der Waals surface area contributed by atoms with E-state index in [1.807, 2.05) is 52.0 Å². The monoisotopic (exact) mass is 279 g/mol. The third-order valence-corrected chi connectivity index (χ3v) is 2.79. The zero-order valence-corrected chi connectivity index (χ0v) is 13.0. The highest BCUT2D eigenvalue weighted by atomic mass is 16.6. The summed E-state index contributed by atoms with van der Waals surface area (Å²) in [6.07, 6.45) is 1.41. The van der Waals surface area contributed by atoms with Crippen molar-refractivity contribution in [1.82, 2.24) is 5.32 Å². The summed E-state index contributed by atoms with van der Waals surface area (Å²) in [5.74, 6) is 0.855. The van der Waals surface area contributed by atoms with Crippen LogP contribution in [-0.4, -0.2) is 24.8 Å². The van der Waals surface area contributed by atoms with Gasteiger partial charge in [0.1, 0.15) is 11.4 Å². The Labute approximate surface area is 121 Å². The number of alkyl carbamates (subject to hydrolysis) is 1. The molecule has 0 aliphatic heterocycles. The molecule has 0 spiro atoms. The van der Waals surface area contributed by atoms with Gasteiger partial charge in [0.25, 0.3) is 0 Å². The van der Waals surface area contributed by atoms with E-state index in [4.69, 9.17) is 9.47 Å². The minimum atomic E-state index is -0.459. The second-order valence-electron chi connectivity index (χ2n) is 5.93. The van der Waals surface area contributed by atoms with Gasteiger partial charge in [-0.05, 0) is 58.2 Å². The van der Waals surface area contributed by atoms with Crippen molar-refractivity contribution in [3.63, 3.8) is 0 Å². The fourth-order valence-corrected chi connectivity index (χ4v) is 1.76. The van der Waals surface area contributed by atoms with Gasteiger partial charge in [0.2, 0.25) is 0 Å². The SMILES string of the molecule is COc1ccc(CCC(C)NC(=O)OC(C)(C)C)cc1. The molecule has 0 fully saturated rings. The van der Waals surface area contributed by atoms with E-state index in [0.29, 0.717) is 0 Å². The van der Waals surface area contributed by atoms with Crippen LogP contribution in [0.25, 0.3) is 0 Å². The lowest BCUT2D eigenvalue weighted by molar-refractivity contribution is 0.0506. The van der Waals surface area contributed by atoms with Crippen molar-refractivity contribution in [2.45, 2.75) is 52.2 Å². The number of rotatable bonds is 5. The van der Waals surface area contributed by atoms with Crippen LogP contribution in [0.5, 0.6) is 5.75 Å². The van der Waals surface area contributed by atoms with Crippen LogP contribution in [0.3, 0.4) is 0 Å². The van der Waals surface area contributed by atoms with Gasteiger partial charge < -0.3 is 14.8 Å². The highest BCUT2D eigenvalue weighted by Gasteiger charge is 2.17. The Kier molecular flexibility index (Phi) is 5.86. The molecule has 4 nitrogen and oxygen atoms in total. The van der Waals surface area contributed by atoms with Crippen molar-refractivity contribution in [1.29, 1.82) is 0 Å². The Morgan fingerprint density at radius 2 is 1.85 bits per heavy atom. The van der Waals surface area contributed by atoms with E-state index in [2.05, 4.69) is 5.32 Å². The molecule has 1 aromatic carbocycles. The van der Waals surface area contributed by atoms with E-state index < -0.39 is 5.60 Å². The molecule has 112 valence electrons. The van der Waals surface area contributed by atoms with Gasteiger partial charge in [-0.25, -0.2) is 4.79 Å². The van der Waals surface area contributed by atoms with Crippen molar-refractivity contribution >= 4 is 6.09 Å². The maximum atomic E-state index is 11.6. The van der Waals surface area contributed by atoms with E-state index in [0.717, 1.165) is 18.6 Å². The van der Waals surface area contributed by atoms with Gasteiger partial charge in [-0.2, -0.15) is 0 Å². The number of hydrogen-bond acceptors (Lipinski definition) is 3. The first-order valence-corrected chi connectivity index (χ1v) is 6.92. The van der Waals surface area contributed by atoms with Crippen LogP contribution < -0.4 is 10.1 Å². The lowest BCUT2D eigenvalue weighted by atomic mass is 10.1. The van der Waals surface area contributed by atoms with E-state index in [1.165, 1.54) is 5.56 Å². The van der Waals surface area contributed by atoms with Gasteiger partial charge in [0.15, 0.2) is 0 Å². The topological polar surface area (TPSA) is 47.6 Å². The molecule has 4 heteroatoms. The van der Waals surface area contributed by atoms with Crippen molar-refractivity contribution in [2.24, 2.45) is 0 Å². The first kappa shape index (κ1) is 16.3. The normalized spacial score (nSPS) is 12.7. The second-order valence-corrected chi connectivity index (χ2v) is 5.93. The third kappa shape index (κ3) is 6.45. The Morgan fingerprint density at radius 3 is 2.35 bits per heavy atom. The summed E-state index contributed by atoms with van der Waals surface area (Å²) in [7, 11) is 1.65. The molecule has 1 amide bonds. The number of hydrogen-bond donors (Lipinski definition) is 1. The highest BCUT2D eigenvalue weighted by molar-refractivity contribution is 5.68. The molecule has 0 radical (unpaired) electrons. The summed E-state index contributed by atoms with van der Waals surface area (Å²) >= 11 is 0. The Morgan fingerprint density at radius 1 is 1.25 bits per heavy atom. The van der Waals surface area contributed by atoms with Gasteiger partial charge in [-0.1, -0.05) is 12.1 Å². The first-order chi connectivity index (χ1) is 9.30. The van der Waals surface area contributed by atoms with Gasteiger partial charge >= 0.3 is 6.09 Å². The number of amides is 1. The minimum absolute atomic E-state index is 0.0759. The van der Waals surface area contributed by atoms with Crippen LogP contribution in [-0.2, 0) is 11.2 Å². The number of aryl methyl sites for hydroxylation is 1. The fraction of sp³-hybridized carbons (Fsp3) is 0.562. The minimum Gasteiger partial charge on any atom is -0.497 e. The number of carbonyl (C=O) groups is 1. The number of carbonyl (C=O) groups excluding carboxylic acids is 1. The molecule has 0 saturated heterocycles. The Bertz CT molecular complexity index is 420. The van der Waals surface area contributed by atoms with E-state index in [-0.39, 0.29) is 12.1 Å². The zero-order valence-electron chi connectivity index (χ0n) is 13.0. The standard InChI is InChI=1S/C16H25NO3/c1-12(17-15(18)20-16(2,3)4)6-7-13-8-10-14(19-5)11-9-13/h8-12H,6-7H2,1-5H3,(H,17,18). The second kappa shape index (κ2) is 7.17. The van der Waals surface area contributed by atoms with Crippen molar-refractivity contribution < 1.29 is 14.3 Å². The molecular weight excluding hydrogens is 254 g/mol. The third-order valence-electron chi connectivity index (χ3n) is 2.79. The summed E-state index contributed by atoms with van der Waals surface area (Å²) in [5, 5.41) is 2.84. The highest BCUT2D eigenvalue weighted by Crippen LogP contribution is 2.13. The number of methoxy groups -OCH3 is 1. The molecule has 1 unspecified atom stereocenters. The fourth-order valence-electron chi connectivity index (χ4n) is 1.76. The molecule has 0 bridgehead atoms. The molecule has 0 aromatic heterocycles. The molecule has 0 heterocycles. The molecule has 0 saturated carbocycles. The summed E-state index contributed by atoms with van der Waals surface area (Å²) in [6, 6.07) is 8.05. The molecule has 1 N–H and O–H groups in total. The van der Waals surface area contributed by atoms with Crippen LogP contribution in [0.1, 0.15) is 39.7 Å². The Hall–Kier alpha value is -1.71. The molecule has 1 rings (SSSR count). The number of ether oxygens (including phenoxy) is 2. The van der Waals surface area contributed by atoms with Crippen LogP contribution >= 0.6 is 0 Å². The van der Waals surface area contributed by atoms with Crippen LogP contribution in [0.2, 0.25) is 0 Å². The number of benzene rings is 1. The summed E-state index contributed by atoms with van der Waals surface area (Å²) in [4.78, 5) is 11.6. The summed E-state index contributed by atoms with van der Waals surface area (Å²) in [6.45, 7) is 7.55. The van der Waals surface area contributed by atoms with Crippen molar-refractivity contribution in [3.05, 3.63) is 29.8 Å². The van der Waals surface area contributed by atoms with Crippen molar-refractivity contribution in [2.75, 3.05) is 7.11 Å². The average molecular weight is 279 g/mol. The van der Waals surface area contributed by atoms with E-state index in [1.54, 1.807) is 7.11 Å². The number of nitrogens with one attached hydrogen (secondary N) is 1. The predicted molar refractivity (Wildman–Crippen MR) is 80.1 cm³/mol. The van der Waals surface area contributed by atoms with E-state index in [9.17, 15) is 4.79 Å². The summed E-state index contributed by atoms with van der Waals surface area (Å²) < 4.78 is 10.3. The van der Waals surface area contributed by atoms with Gasteiger partial charge in [0, 0.05) is 6.04 Å². The Balaban J connectivity index is 2.35. The van der Waals surface area contributed by atoms with Crippen LogP contribution in [0.4, 0.5) is 4.79 Å². The van der Waals surface area contributed by atoms with Crippen LogP contribution in [0, 0.1) is 0 Å². The molecule has 0 aliphatic rings. The lowest BCUT2D eigenvalue weighted by Gasteiger charge is -2.22. The largest absolute Gasteiger partial charge is 0.497 e. The molecule has 1 atom stereocenters.